The number of amides is 1. The summed E-state index contributed by atoms with van der Waals surface area (Å²) < 4.78 is 2.04. The molecule has 27 heavy (non-hydrogen) atoms. The Morgan fingerprint density at radius 2 is 1.93 bits per heavy atom. The molecule has 4 rings (SSSR count). The lowest BCUT2D eigenvalue weighted by Crippen LogP contribution is -2.44. The fourth-order valence-electron chi connectivity index (χ4n) is 4.28. The van der Waals surface area contributed by atoms with Gasteiger partial charge in [-0.25, -0.2) is 4.98 Å². The van der Waals surface area contributed by atoms with Crippen LogP contribution in [0.2, 0.25) is 0 Å². The molecule has 7 heteroatoms. The third-order valence-electron chi connectivity index (χ3n) is 6.11. The zero-order chi connectivity index (χ0) is 19.1. The molecule has 0 spiro atoms. The molecule has 1 atom stereocenters. The van der Waals surface area contributed by atoms with Crippen LogP contribution in [0, 0.1) is 0 Å². The summed E-state index contributed by atoms with van der Waals surface area (Å²) in [6, 6.07) is 6.09. The number of aromatic nitrogens is 2. The van der Waals surface area contributed by atoms with Crippen molar-refractivity contribution >= 4 is 22.9 Å². The van der Waals surface area contributed by atoms with Gasteiger partial charge in [-0.2, -0.15) is 0 Å². The van der Waals surface area contributed by atoms with Crippen LogP contribution in [0.4, 0.5) is 5.95 Å². The van der Waals surface area contributed by atoms with Crippen LogP contribution in [-0.2, 0) is 7.05 Å². The van der Waals surface area contributed by atoms with Crippen LogP contribution < -0.4 is 4.90 Å². The number of hydrogen-bond acceptors (Lipinski definition) is 5. The second-order valence-corrected chi connectivity index (χ2v) is 8.01. The van der Waals surface area contributed by atoms with Gasteiger partial charge in [-0.05, 0) is 57.6 Å². The van der Waals surface area contributed by atoms with Crippen molar-refractivity contribution in [2.24, 2.45) is 7.05 Å². The molecule has 1 amide bonds. The van der Waals surface area contributed by atoms with Crippen molar-refractivity contribution in [3.05, 3.63) is 23.8 Å². The van der Waals surface area contributed by atoms with E-state index in [-0.39, 0.29) is 12.0 Å². The van der Waals surface area contributed by atoms with E-state index >= 15 is 0 Å². The summed E-state index contributed by atoms with van der Waals surface area (Å²) in [6.45, 7) is 3.49. The number of likely N-dealkylation sites (tertiary alicyclic amines) is 1. The van der Waals surface area contributed by atoms with Crippen LogP contribution in [-0.4, -0.2) is 82.8 Å². The average Bonchev–Trinajstić information content (AvgIpc) is 3.24. The maximum atomic E-state index is 13.0. The van der Waals surface area contributed by atoms with Crippen LogP contribution in [0.3, 0.4) is 0 Å². The van der Waals surface area contributed by atoms with E-state index in [1.807, 2.05) is 41.8 Å². The molecule has 146 valence electrons. The lowest BCUT2D eigenvalue weighted by Gasteiger charge is -2.35. The van der Waals surface area contributed by atoms with E-state index in [1.54, 1.807) is 0 Å². The van der Waals surface area contributed by atoms with Crippen LogP contribution in [0.25, 0.3) is 11.0 Å². The minimum absolute atomic E-state index is 0.0650. The SMILES string of the molecule is CN1CCC(N(C)C(=O)c2ccc3c(c2)nc(N2CC[C@H](O)C2)n3C)CC1. The molecule has 1 N–H and O–H groups in total. The molecular weight excluding hydrogens is 342 g/mol. The van der Waals surface area contributed by atoms with E-state index in [1.165, 1.54) is 0 Å². The van der Waals surface area contributed by atoms with Crippen molar-refractivity contribution in [2.45, 2.75) is 31.4 Å². The Morgan fingerprint density at radius 3 is 2.59 bits per heavy atom. The number of piperidine rings is 1. The van der Waals surface area contributed by atoms with Gasteiger partial charge in [0.15, 0.2) is 0 Å². The van der Waals surface area contributed by atoms with E-state index in [0.717, 1.165) is 55.9 Å². The summed E-state index contributed by atoms with van der Waals surface area (Å²) in [5.41, 5.74) is 2.52. The van der Waals surface area contributed by atoms with Crippen molar-refractivity contribution in [1.82, 2.24) is 19.4 Å². The monoisotopic (exact) mass is 371 g/mol. The second kappa shape index (κ2) is 7.13. The number of rotatable bonds is 3. The molecule has 2 aliphatic rings. The maximum absolute atomic E-state index is 13.0. The number of benzene rings is 1. The summed E-state index contributed by atoms with van der Waals surface area (Å²) in [6.07, 6.45) is 2.52. The van der Waals surface area contributed by atoms with Crippen LogP contribution in [0.15, 0.2) is 18.2 Å². The standard InChI is InChI=1S/C20H29N5O2/c1-22-9-6-15(7-10-22)23(2)19(27)14-4-5-18-17(12-14)21-20(24(18)3)25-11-8-16(26)13-25/h4-5,12,15-16,26H,6-11,13H2,1-3H3/t16-/m0/s1. The molecule has 1 aromatic heterocycles. The van der Waals surface area contributed by atoms with Crippen molar-refractivity contribution in [3.8, 4) is 0 Å². The lowest BCUT2D eigenvalue weighted by atomic mass is 10.0. The Morgan fingerprint density at radius 1 is 1.19 bits per heavy atom. The molecule has 0 radical (unpaired) electrons. The number of anilines is 1. The zero-order valence-corrected chi connectivity index (χ0v) is 16.4. The molecule has 7 nitrogen and oxygen atoms in total. The highest BCUT2D eigenvalue weighted by Gasteiger charge is 2.27. The Balaban J connectivity index is 1.56. The van der Waals surface area contributed by atoms with Crippen molar-refractivity contribution in [1.29, 1.82) is 0 Å². The number of β-amino-alcohol motifs (C(OH)–C–C–N with tert-alkyl or cyclic N) is 1. The number of aryl methyl sites for hydroxylation is 1. The van der Waals surface area contributed by atoms with Crippen LogP contribution in [0.5, 0.6) is 0 Å². The van der Waals surface area contributed by atoms with Gasteiger partial charge in [0.1, 0.15) is 0 Å². The molecule has 3 heterocycles. The molecule has 1 aromatic carbocycles. The van der Waals surface area contributed by atoms with E-state index in [2.05, 4.69) is 16.8 Å². The molecule has 2 aromatic rings. The first-order valence-corrected chi connectivity index (χ1v) is 9.79. The number of nitrogens with zero attached hydrogens (tertiary/aromatic N) is 5. The lowest BCUT2D eigenvalue weighted by molar-refractivity contribution is 0.0659. The first-order chi connectivity index (χ1) is 12.9. The maximum Gasteiger partial charge on any atom is 0.253 e. The topological polar surface area (TPSA) is 64.8 Å². The number of imidazole rings is 1. The van der Waals surface area contributed by atoms with Crippen LogP contribution >= 0.6 is 0 Å². The first kappa shape index (κ1) is 18.3. The average molecular weight is 371 g/mol. The molecule has 2 aliphatic heterocycles. The number of fused-ring (bicyclic) bond motifs is 1. The largest absolute Gasteiger partial charge is 0.391 e. The van der Waals surface area contributed by atoms with Gasteiger partial charge in [0.2, 0.25) is 5.95 Å². The van der Waals surface area contributed by atoms with Crippen molar-refractivity contribution < 1.29 is 9.90 Å². The number of carbonyl (C=O) groups is 1. The highest BCUT2D eigenvalue weighted by Crippen LogP contribution is 2.26. The fourth-order valence-corrected chi connectivity index (χ4v) is 4.28. The summed E-state index contributed by atoms with van der Waals surface area (Å²) in [5, 5.41) is 9.81. The number of carbonyl (C=O) groups excluding carboxylic acids is 1. The van der Waals surface area contributed by atoms with E-state index in [4.69, 9.17) is 4.98 Å². The predicted octanol–water partition coefficient (Wildman–Crippen LogP) is 1.31. The third kappa shape index (κ3) is 3.41. The molecule has 0 aliphatic carbocycles. The van der Waals surface area contributed by atoms with Gasteiger partial charge in [-0.3, -0.25) is 4.79 Å². The molecular formula is C20H29N5O2. The highest BCUT2D eigenvalue weighted by atomic mass is 16.3. The zero-order valence-electron chi connectivity index (χ0n) is 16.4. The molecule has 0 bridgehead atoms. The Kier molecular flexibility index (Phi) is 4.82. The number of hydrogen-bond donors (Lipinski definition) is 1. The van der Waals surface area contributed by atoms with Crippen molar-refractivity contribution in [3.63, 3.8) is 0 Å². The molecule has 2 saturated heterocycles. The third-order valence-corrected chi connectivity index (χ3v) is 6.11. The quantitative estimate of drug-likeness (QED) is 0.881. The molecule has 0 saturated carbocycles. The number of aliphatic hydroxyl groups excluding tert-OH is 1. The molecule has 2 fully saturated rings. The normalized spacial score (nSPS) is 21.9. The van der Waals surface area contributed by atoms with Crippen molar-refractivity contribution in [2.75, 3.05) is 45.2 Å². The van der Waals surface area contributed by atoms with Gasteiger partial charge < -0.3 is 24.4 Å². The van der Waals surface area contributed by atoms with Gasteiger partial charge in [-0.15, -0.1) is 0 Å². The minimum atomic E-state index is -0.287. The Bertz CT molecular complexity index is 840. The second-order valence-electron chi connectivity index (χ2n) is 8.01. The molecule has 0 unspecified atom stereocenters. The van der Waals surface area contributed by atoms with E-state index in [0.29, 0.717) is 18.2 Å². The summed E-state index contributed by atoms with van der Waals surface area (Å²) in [5.74, 6) is 0.921. The van der Waals surface area contributed by atoms with Crippen LogP contribution in [0.1, 0.15) is 29.6 Å². The fraction of sp³-hybridized carbons (Fsp3) is 0.600. The van der Waals surface area contributed by atoms with Gasteiger partial charge in [0.05, 0.1) is 17.1 Å². The van der Waals surface area contributed by atoms with E-state index < -0.39 is 0 Å². The predicted molar refractivity (Wildman–Crippen MR) is 106 cm³/mol. The Labute approximate surface area is 160 Å². The summed E-state index contributed by atoms with van der Waals surface area (Å²) >= 11 is 0. The summed E-state index contributed by atoms with van der Waals surface area (Å²) in [4.78, 5) is 24.1. The first-order valence-electron chi connectivity index (χ1n) is 9.79. The minimum Gasteiger partial charge on any atom is -0.391 e. The van der Waals surface area contributed by atoms with Gasteiger partial charge in [-0.1, -0.05) is 0 Å². The van der Waals surface area contributed by atoms with Gasteiger partial charge in [0, 0.05) is 38.8 Å². The van der Waals surface area contributed by atoms with Gasteiger partial charge >= 0.3 is 0 Å². The number of aliphatic hydroxyl groups is 1. The van der Waals surface area contributed by atoms with E-state index in [9.17, 15) is 9.90 Å². The smallest absolute Gasteiger partial charge is 0.253 e. The van der Waals surface area contributed by atoms with Gasteiger partial charge in [0.25, 0.3) is 5.91 Å². The summed E-state index contributed by atoms with van der Waals surface area (Å²) in [7, 11) is 6.03. The Hall–Kier alpha value is -2.12. The highest BCUT2D eigenvalue weighted by molar-refractivity contribution is 5.97.